The van der Waals surface area contributed by atoms with Crippen LogP contribution in [0.15, 0.2) is 157 Å². The van der Waals surface area contributed by atoms with Gasteiger partial charge >= 0.3 is 13.9 Å². The van der Waals surface area contributed by atoms with Crippen molar-refractivity contribution in [1.29, 1.82) is 0 Å². The van der Waals surface area contributed by atoms with Gasteiger partial charge in [-0.25, -0.2) is 14.4 Å². The number of nitrogens with one attached hydrogen (secondary N) is 3. The summed E-state index contributed by atoms with van der Waals surface area (Å²) in [6, 6.07) is 43.2. The standard InChI is InChI=1S/C46H42N5O9P/c52-41(47-27-26-34-18-11-17-33-14-7-8-19-37(33)34)29-51-40-21-10-9-20-38(40)42(35-15-5-2-6-16-35)49-43(45(51)54)50-44(53)39(48-46(55)56)28-31-22-24-36(25-23-31)60-61(57,58)59-30-32-12-3-1-4-13-32/h1-25,39,43,48H,26-30H2,(H,47,52)(H,50,53)(H,55,56)(H,57,58). The molecule has 3 atom stereocenters. The topological polar surface area (TPSA) is 196 Å². The molecule has 0 radical (unpaired) electrons. The number of hydrogen-bond acceptors (Lipinski definition) is 8. The van der Waals surface area contributed by atoms with Gasteiger partial charge in [0.2, 0.25) is 18.0 Å². The zero-order valence-corrected chi connectivity index (χ0v) is 33.6. The van der Waals surface area contributed by atoms with Crippen molar-refractivity contribution in [3.63, 3.8) is 0 Å². The molecule has 0 saturated carbocycles. The van der Waals surface area contributed by atoms with Crippen LogP contribution < -0.4 is 25.4 Å². The number of benzodiazepines with no additional fused rings is 1. The van der Waals surface area contributed by atoms with E-state index in [9.17, 15) is 33.7 Å². The summed E-state index contributed by atoms with van der Waals surface area (Å²) in [7, 11) is -4.51. The van der Waals surface area contributed by atoms with Gasteiger partial charge in [-0.05, 0) is 52.1 Å². The average Bonchev–Trinajstić information content (AvgIpc) is 3.37. The van der Waals surface area contributed by atoms with Gasteiger partial charge in [-0.1, -0.05) is 133 Å². The summed E-state index contributed by atoms with van der Waals surface area (Å²) in [5, 5.41) is 19.7. The van der Waals surface area contributed by atoms with Crippen molar-refractivity contribution >= 4 is 53.8 Å². The van der Waals surface area contributed by atoms with E-state index in [0.29, 0.717) is 46.6 Å². The number of phosphoric acid groups is 1. The first-order chi connectivity index (χ1) is 29.5. The van der Waals surface area contributed by atoms with E-state index < -0.39 is 50.4 Å². The highest BCUT2D eigenvalue weighted by molar-refractivity contribution is 7.47. The molecule has 3 unspecified atom stereocenters. The fraction of sp³-hybridized carbons (Fsp3) is 0.152. The van der Waals surface area contributed by atoms with E-state index in [-0.39, 0.29) is 18.8 Å². The zero-order chi connectivity index (χ0) is 42.8. The second-order valence-electron chi connectivity index (χ2n) is 14.1. The zero-order valence-electron chi connectivity index (χ0n) is 32.7. The van der Waals surface area contributed by atoms with Gasteiger partial charge in [-0.15, -0.1) is 0 Å². The summed E-state index contributed by atoms with van der Waals surface area (Å²) in [6.07, 6.45) is -2.69. The molecule has 1 aliphatic heterocycles. The molecule has 1 aliphatic rings. The largest absolute Gasteiger partial charge is 0.527 e. The number of hydrogen-bond donors (Lipinski definition) is 5. The van der Waals surface area contributed by atoms with Gasteiger partial charge in [0.1, 0.15) is 18.3 Å². The Labute approximate surface area is 351 Å². The Hall–Kier alpha value is -7.12. The Bertz CT molecular complexity index is 2600. The molecule has 0 aliphatic carbocycles. The summed E-state index contributed by atoms with van der Waals surface area (Å²) < 4.78 is 22.9. The molecule has 0 saturated heterocycles. The predicted octanol–water partition coefficient (Wildman–Crippen LogP) is 6.40. The first-order valence-electron chi connectivity index (χ1n) is 19.4. The SMILES string of the molecule is O=C(O)NC(Cc1ccc(OP(=O)(O)OCc2ccccc2)cc1)C(=O)NC1N=C(c2ccccc2)c2ccccc2N(CC(=O)NCCc2cccc3ccccc23)C1=O. The molecule has 15 heteroatoms. The van der Waals surface area contributed by atoms with Crippen LogP contribution in [0, 0.1) is 0 Å². The van der Waals surface area contributed by atoms with Crippen LogP contribution in [0.25, 0.3) is 10.8 Å². The summed E-state index contributed by atoms with van der Waals surface area (Å²) in [5.41, 5.74) is 4.15. The maximum Gasteiger partial charge on any atom is 0.527 e. The Morgan fingerprint density at radius 1 is 0.787 bits per heavy atom. The minimum absolute atomic E-state index is 0.000994. The average molecular weight is 840 g/mol. The second-order valence-corrected chi connectivity index (χ2v) is 15.5. The third-order valence-corrected chi connectivity index (χ3v) is 10.8. The molecule has 0 bridgehead atoms. The summed E-state index contributed by atoms with van der Waals surface area (Å²) in [4.78, 5) is 70.3. The fourth-order valence-electron chi connectivity index (χ4n) is 6.96. The Balaban J connectivity index is 1.08. The van der Waals surface area contributed by atoms with Gasteiger partial charge in [-0.2, -0.15) is 0 Å². The van der Waals surface area contributed by atoms with Crippen LogP contribution in [0.4, 0.5) is 10.5 Å². The maximum atomic E-state index is 14.5. The molecular formula is C46H42N5O9P. The molecule has 6 aromatic carbocycles. The summed E-state index contributed by atoms with van der Waals surface area (Å²) >= 11 is 0. The molecule has 7 rings (SSSR count). The minimum Gasteiger partial charge on any atom is -0.465 e. The highest BCUT2D eigenvalue weighted by Gasteiger charge is 2.36. The van der Waals surface area contributed by atoms with Crippen LogP contribution in [0.5, 0.6) is 5.75 Å². The van der Waals surface area contributed by atoms with Crippen molar-refractivity contribution < 1.29 is 42.8 Å². The first-order valence-corrected chi connectivity index (χ1v) is 20.9. The highest BCUT2D eigenvalue weighted by Crippen LogP contribution is 2.44. The van der Waals surface area contributed by atoms with Gasteiger partial charge in [0.15, 0.2) is 0 Å². The van der Waals surface area contributed by atoms with Gasteiger partial charge in [0, 0.05) is 24.1 Å². The summed E-state index contributed by atoms with van der Waals surface area (Å²) in [6.45, 7) is -0.244. The third-order valence-electron chi connectivity index (χ3n) is 9.87. The third kappa shape index (κ3) is 10.9. The predicted molar refractivity (Wildman–Crippen MR) is 230 cm³/mol. The quantitative estimate of drug-likeness (QED) is 0.0686. The molecule has 0 spiro atoms. The van der Waals surface area contributed by atoms with Crippen molar-refractivity contribution in [2.45, 2.75) is 31.7 Å². The Kier molecular flexibility index (Phi) is 13.3. The monoisotopic (exact) mass is 839 g/mol. The second kappa shape index (κ2) is 19.3. The van der Waals surface area contributed by atoms with Crippen LogP contribution in [0.2, 0.25) is 0 Å². The van der Waals surface area contributed by atoms with Crippen LogP contribution in [0.1, 0.15) is 27.8 Å². The van der Waals surface area contributed by atoms with Crippen molar-refractivity contribution in [2.75, 3.05) is 18.0 Å². The van der Waals surface area contributed by atoms with Crippen molar-refractivity contribution in [3.8, 4) is 5.75 Å². The molecular weight excluding hydrogens is 798 g/mol. The molecule has 0 fully saturated rings. The van der Waals surface area contributed by atoms with Gasteiger partial charge in [-0.3, -0.25) is 28.7 Å². The van der Waals surface area contributed by atoms with Crippen molar-refractivity contribution in [2.24, 2.45) is 4.99 Å². The number of rotatable bonds is 16. The molecule has 14 nitrogen and oxygen atoms in total. The molecule has 1 heterocycles. The van der Waals surface area contributed by atoms with Crippen molar-refractivity contribution in [1.82, 2.24) is 16.0 Å². The van der Waals surface area contributed by atoms with Crippen LogP contribution in [-0.4, -0.2) is 64.8 Å². The number of amides is 4. The van der Waals surface area contributed by atoms with Gasteiger partial charge in [0.05, 0.1) is 18.0 Å². The van der Waals surface area contributed by atoms with Crippen LogP contribution in [0.3, 0.4) is 0 Å². The van der Waals surface area contributed by atoms with E-state index in [2.05, 4.69) is 16.0 Å². The lowest BCUT2D eigenvalue weighted by Crippen LogP contribution is -2.55. The molecule has 6 aromatic rings. The van der Waals surface area contributed by atoms with E-state index in [0.717, 1.165) is 16.3 Å². The number of phosphoric ester groups is 1. The Morgan fingerprint density at radius 3 is 2.21 bits per heavy atom. The number of fused-ring (bicyclic) bond motifs is 2. The van der Waals surface area contributed by atoms with E-state index in [1.54, 1.807) is 54.6 Å². The lowest BCUT2D eigenvalue weighted by atomic mass is 10.0. The fourth-order valence-corrected chi connectivity index (χ4v) is 7.72. The lowest BCUT2D eigenvalue weighted by Gasteiger charge is -2.26. The van der Waals surface area contributed by atoms with Crippen molar-refractivity contribution in [3.05, 3.63) is 179 Å². The lowest BCUT2D eigenvalue weighted by molar-refractivity contribution is -0.129. The first kappa shape index (κ1) is 42.0. The van der Waals surface area contributed by atoms with E-state index in [1.165, 1.54) is 29.2 Å². The minimum atomic E-state index is -4.51. The molecule has 5 N–H and O–H groups in total. The van der Waals surface area contributed by atoms with Crippen LogP contribution >= 0.6 is 7.82 Å². The number of carboxylic acid groups (broad SMARTS) is 1. The number of benzene rings is 6. The number of aliphatic imine (C=N–C) groups is 1. The number of nitrogens with zero attached hydrogens (tertiary/aromatic N) is 2. The number of anilines is 1. The number of carbonyl (C=O) groups excluding carboxylic acids is 3. The normalized spacial score (nSPS) is 15.0. The smallest absolute Gasteiger partial charge is 0.465 e. The van der Waals surface area contributed by atoms with E-state index >= 15 is 0 Å². The summed E-state index contributed by atoms with van der Waals surface area (Å²) in [5.74, 6) is -2.01. The van der Waals surface area contributed by atoms with E-state index in [1.807, 2.05) is 72.8 Å². The molecule has 310 valence electrons. The number of para-hydroxylation sites is 1. The van der Waals surface area contributed by atoms with Crippen LogP contribution in [-0.2, 0) is 42.9 Å². The molecule has 4 amide bonds. The van der Waals surface area contributed by atoms with Gasteiger partial charge < -0.3 is 25.6 Å². The molecule has 61 heavy (non-hydrogen) atoms. The number of carbonyl (C=O) groups is 4. The van der Waals surface area contributed by atoms with Gasteiger partial charge in [0.25, 0.3) is 5.91 Å². The van der Waals surface area contributed by atoms with E-state index in [4.69, 9.17) is 14.0 Å². The Morgan fingerprint density at radius 2 is 1.46 bits per heavy atom. The maximum absolute atomic E-state index is 14.5. The molecule has 0 aromatic heterocycles. The highest BCUT2D eigenvalue weighted by atomic mass is 31.2.